The van der Waals surface area contributed by atoms with Crippen LogP contribution in [0.2, 0.25) is 0 Å². The number of amides is 1. The van der Waals surface area contributed by atoms with E-state index in [4.69, 9.17) is 9.47 Å². The molecule has 1 aromatic rings. The van der Waals surface area contributed by atoms with Crippen molar-refractivity contribution in [3.8, 4) is 0 Å². The van der Waals surface area contributed by atoms with Crippen molar-refractivity contribution in [2.75, 3.05) is 20.3 Å². The number of pyridine rings is 1. The fourth-order valence-electron chi connectivity index (χ4n) is 5.51. The molecule has 2 fully saturated rings. The molecule has 1 aromatic heterocycles. The van der Waals surface area contributed by atoms with E-state index in [-0.39, 0.29) is 36.7 Å². The smallest absolute Gasteiger partial charge is 0.354 e. The second-order valence-electron chi connectivity index (χ2n) is 9.59. The number of fused-ring (bicyclic) bond motifs is 1. The number of hydrogen-bond donors (Lipinski definition) is 1. The summed E-state index contributed by atoms with van der Waals surface area (Å²) in [6, 6.07) is 1.44. The van der Waals surface area contributed by atoms with Crippen molar-refractivity contribution in [2.24, 2.45) is 11.3 Å². The standard InChI is InChI=1S/C23H32F3N3O3/c1-14(2)22(7-4-17(11-22)28-19-6-9-32-20(19)31-3)21(30)29-8-5-18-15(13-29)10-16(12-27-18)23(24,25)26/h10,12,14,17,19-20,28H,4-9,11,13H2,1-3H3/t17-,19?,20?,22+/m1/s1. The van der Waals surface area contributed by atoms with Gasteiger partial charge in [0.25, 0.3) is 0 Å². The van der Waals surface area contributed by atoms with Crippen molar-refractivity contribution in [1.29, 1.82) is 0 Å². The van der Waals surface area contributed by atoms with Crippen LogP contribution in [0.25, 0.3) is 0 Å². The first-order chi connectivity index (χ1) is 15.1. The third-order valence-electron chi connectivity index (χ3n) is 7.46. The summed E-state index contributed by atoms with van der Waals surface area (Å²) in [7, 11) is 1.63. The molecule has 1 amide bonds. The molecule has 0 aromatic carbocycles. The fraction of sp³-hybridized carbons (Fsp3) is 0.739. The predicted octanol–water partition coefficient (Wildman–Crippen LogP) is 3.53. The monoisotopic (exact) mass is 455 g/mol. The zero-order valence-corrected chi connectivity index (χ0v) is 18.9. The average Bonchev–Trinajstić information content (AvgIpc) is 3.39. The Hall–Kier alpha value is -1.71. The van der Waals surface area contributed by atoms with Crippen LogP contribution < -0.4 is 5.32 Å². The molecular formula is C23H32F3N3O3. The number of ether oxygens (including phenoxy) is 2. The quantitative estimate of drug-likeness (QED) is 0.736. The van der Waals surface area contributed by atoms with E-state index in [0.717, 1.165) is 31.5 Å². The molecule has 6 nitrogen and oxygen atoms in total. The van der Waals surface area contributed by atoms with Crippen molar-refractivity contribution in [2.45, 2.75) is 77.0 Å². The van der Waals surface area contributed by atoms with Gasteiger partial charge in [0.1, 0.15) is 0 Å². The Morgan fingerprint density at radius 2 is 2.16 bits per heavy atom. The highest BCUT2D eigenvalue weighted by atomic mass is 19.4. The minimum Gasteiger partial charge on any atom is -0.354 e. The lowest BCUT2D eigenvalue weighted by molar-refractivity contribution is -0.146. The molecule has 0 spiro atoms. The van der Waals surface area contributed by atoms with Gasteiger partial charge in [-0.25, -0.2) is 0 Å². The van der Waals surface area contributed by atoms with E-state index in [1.54, 1.807) is 12.0 Å². The molecule has 4 atom stereocenters. The van der Waals surface area contributed by atoms with Gasteiger partial charge in [0, 0.05) is 44.6 Å². The van der Waals surface area contributed by atoms with E-state index < -0.39 is 17.2 Å². The van der Waals surface area contributed by atoms with Crippen LogP contribution in [0.5, 0.6) is 0 Å². The first kappa shape index (κ1) is 23.4. The van der Waals surface area contributed by atoms with Crippen molar-refractivity contribution >= 4 is 5.91 Å². The van der Waals surface area contributed by atoms with Gasteiger partial charge in [0.15, 0.2) is 6.29 Å². The van der Waals surface area contributed by atoms with Crippen LogP contribution in [0.4, 0.5) is 13.2 Å². The maximum absolute atomic E-state index is 13.8. The number of carbonyl (C=O) groups is 1. The molecule has 2 unspecified atom stereocenters. The zero-order chi connectivity index (χ0) is 23.1. The summed E-state index contributed by atoms with van der Waals surface area (Å²) < 4.78 is 50.4. The Bertz CT molecular complexity index is 848. The topological polar surface area (TPSA) is 63.7 Å². The fourth-order valence-corrected chi connectivity index (χ4v) is 5.51. The Balaban J connectivity index is 1.48. The number of nitrogens with zero attached hydrogens (tertiary/aromatic N) is 2. The number of methoxy groups -OCH3 is 1. The summed E-state index contributed by atoms with van der Waals surface area (Å²) in [6.45, 7) is 5.45. The number of nitrogens with one attached hydrogen (secondary N) is 1. The van der Waals surface area contributed by atoms with E-state index >= 15 is 0 Å². The van der Waals surface area contributed by atoms with E-state index in [2.05, 4.69) is 24.1 Å². The Labute approximate surface area is 186 Å². The van der Waals surface area contributed by atoms with Crippen molar-refractivity contribution in [3.63, 3.8) is 0 Å². The van der Waals surface area contributed by atoms with Crippen molar-refractivity contribution < 1.29 is 27.4 Å². The first-order valence-corrected chi connectivity index (χ1v) is 11.4. The summed E-state index contributed by atoms with van der Waals surface area (Å²) in [6.07, 6.45) is -0.132. The molecule has 9 heteroatoms. The molecule has 1 saturated carbocycles. The lowest BCUT2D eigenvalue weighted by Crippen LogP contribution is -2.49. The van der Waals surface area contributed by atoms with Crippen LogP contribution in [0.1, 0.15) is 56.4 Å². The second-order valence-corrected chi connectivity index (χ2v) is 9.59. The molecule has 1 saturated heterocycles. The van der Waals surface area contributed by atoms with Crippen molar-refractivity contribution in [3.05, 3.63) is 29.1 Å². The summed E-state index contributed by atoms with van der Waals surface area (Å²) in [5, 5.41) is 3.63. The molecule has 0 radical (unpaired) electrons. The second kappa shape index (κ2) is 8.91. The average molecular weight is 456 g/mol. The lowest BCUT2D eigenvalue weighted by atomic mass is 9.74. The van der Waals surface area contributed by atoms with Gasteiger partial charge < -0.3 is 19.7 Å². The molecule has 3 aliphatic rings. The maximum Gasteiger partial charge on any atom is 0.417 e. The third kappa shape index (κ3) is 4.39. The molecule has 178 valence electrons. The lowest BCUT2D eigenvalue weighted by Gasteiger charge is -2.39. The Morgan fingerprint density at radius 3 is 2.84 bits per heavy atom. The van der Waals surface area contributed by atoms with Crippen LogP contribution >= 0.6 is 0 Å². The normalized spacial score (nSPS) is 30.7. The maximum atomic E-state index is 13.8. The molecule has 2 aliphatic heterocycles. The number of halogens is 3. The summed E-state index contributed by atoms with van der Waals surface area (Å²) >= 11 is 0. The minimum absolute atomic E-state index is 0.0471. The number of alkyl halides is 3. The van der Waals surface area contributed by atoms with Crippen molar-refractivity contribution in [1.82, 2.24) is 15.2 Å². The summed E-state index contributed by atoms with van der Waals surface area (Å²) in [5.41, 5.74) is -0.136. The highest BCUT2D eigenvalue weighted by Crippen LogP contribution is 2.47. The van der Waals surface area contributed by atoms with Gasteiger partial charge in [-0.2, -0.15) is 13.2 Å². The highest BCUT2D eigenvalue weighted by Gasteiger charge is 2.50. The molecule has 0 bridgehead atoms. The van der Waals surface area contributed by atoms with Gasteiger partial charge >= 0.3 is 6.18 Å². The molecule has 4 rings (SSSR count). The number of carbonyl (C=O) groups excluding carboxylic acids is 1. The van der Waals surface area contributed by atoms with E-state index in [1.807, 2.05) is 0 Å². The van der Waals surface area contributed by atoms with E-state index in [0.29, 0.717) is 37.3 Å². The number of hydrogen-bond acceptors (Lipinski definition) is 5. The van der Waals surface area contributed by atoms with Crippen LogP contribution in [-0.4, -0.2) is 54.4 Å². The van der Waals surface area contributed by atoms with Gasteiger partial charge in [0.2, 0.25) is 5.91 Å². The molecule has 3 heterocycles. The summed E-state index contributed by atoms with van der Waals surface area (Å²) in [4.78, 5) is 19.5. The van der Waals surface area contributed by atoms with Gasteiger partial charge in [0.05, 0.1) is 23.6 Å². The van der Waals surface area contributed by atoms with Gasteiger partial charge in [-0.05, 0) is 43.2 Å². The van der Waals surface area contributed by atoms with Crippen LogP contribution in [-0.2, 0) is 33.4 Å². The molecular weight excluding hydrogens is 423 g/mol. The molecule has 1 N–H and O–H groups in total. The van der Waals surface area contributed by atoms with Crippen LogP contribution in [0.3, 0.4) is 0 Å². The highest BCUT2D eigenvalue weighted by molar-refractivity contribution is 5.83. The number of rotatable bonds is 5. The van der Waals surface area contributed by atoms with Gasteiger partial charge in [-0.3, -0.25) is 9.78 Å². The summed E-state index contributed by atoms with van der Waals surface area (Å²) in [5.74, 6) is 0.173. The Kier molecular flexibility index (Phi) is 6.53. The van der Waals surface area contributed by atoms with Crippen LogP contribution in [0, 0.1) is 11.3 Å². The van der Waals surface area contributed by atoms with E-state index in [9.17, 15) is 18.0 Å². The molecule has 1 aliphatic carbocycles. The van der Waals surface area contributed by atoms with Gasteiger partial charge in [-0.15, -0.1) is 0 Å². The van der Waals surface area contributed by atoms with E-state index in [1.165, 1.54) is 0 Å². The Morgan fingerprint density at radius 1 is 1.38 bits per heavy atom. The SMILES string of the molecule is COC1OCCC1N[C@@H]1CC[C@@](C(=O)N2CCc3ncc(C(F)(F)F)cc3C2)(C(C)C)C1. The molecule has 32 heavy (non-hydrogen) atoms. The largest absolute Gasteiger partial charge is 0.417 e. The zero-order valence-electron chi connectivity index (χ0n) is 18.9. The minimum atomic E-state index is -4.44. The van der Waals surface area contributed by atoms with Gasteiger partial charge in [-0.1, -0.05) is 13.8 Å². The first-order valence-electron chi connectivity index (χ1n) is 11.4. The number of aromatic nitrogens is 1. The van der Waals surface area contributed by atoms with Crippen LogP contribution in [0.15, 0.2) is 12.3 Å². The predicted molar refractivity (Wildman–Crippen MR) is 112 cm³/mol. The third-order valence-corrected chi connectivity index (χ3v) is 7.46.